The van der Waals surface area contributed by atoms with Crippen molar-refractivity contribution in [2.45, 2.75) is 0 Å². The number of rotatable bonds is 4. The summed E-state index contributed by atoms with van der Waals surface area (Å²) in [5, 5.41) is 0. The number of hydrogen-bond acceptors (Lipinski definition) is 4. The maximum Gasteiger partial charge on any atom is 0.255 e. The van der Waals surface area contributed by atoms with Gasteiger partial charge in [0.2, 0.25) is 34.8 Å². The lowest BCUT2D eigenvalue weighted by molar-refractivity contribution is 0.319. The van der Waals surface area contributed by atoms with Gasteiger partial charge in [0, 0.05) is 0 Å². The topological polar surface area (TPSA) is 44.2 Å². The van der Waals surface area contributed by atoms with Gasteiger partial charge in [0.25, 0.3) is 23.8 Å². The Bertz CT molecular complexity index is 940. The van der Waals surface area contributed by atoms with Crippen molar-refractivity contribution >= 4 is 0 Å². The van der Waals surface area contributed by atoms with Gasteiger partial charge >= 0.3 is 0 Å². The third-order valence-electron chi connectivity index (χ3n) is 3.19. The minimum atomic E-state index is -2.03. The first-order chi connectivity index (χ1) is 13.2. The number of hydrogen-bond donors (Lipinski definition) is 0. The lowest BCUT2D eigenvalue weighted by atomic mass is 10.3. The average molecular weight is 408 g/mol. The fourth-order valence-corrected chi connectivity index (χ4v) is 1.95. The molecule has 2 aromatic heterocycles. The van der Waals surface area contributed by atoms with Gasteiger partial charge in [-0.2, -0.15) is 45.1 Å². The summed E-state index contributed by atoms with van der Waals surface area (Å²) in [7, 11) is 0. The first-order valence-electron chi connectivity index (χ1n) is 7.05. The number of para-hydroxylation sites is 2. The van der Waals surface area contributed by atoms with Gasteiger partial charge in [-0.3, -0.25) is 0 Å². The summed E-state index contributed by atoms with van der Waals surface area (Å²) in [6, 6.07) is 4.22. The van der Waals surface area contributed by atoms with E-state index in [1.165, 1.54) is 12.1 Å². The summed E-state index contributed by atoms with van der Waals surface area (Å²) in [6.07, 6.45) is 0. The van der Waals surface area contributed by atoms with E-state index in [4.69, 9.17) is 9.47 Å². The zero-order valence-electron chi connectivity index (χ0n) is 13.0. The molecule has 3 aromatic rings. The molecule has 3 rings (SSSR count). The second-order valence-electron chi connectivity index (χ2n) is 4.95. The molecule has 0 amide bonds. The Morgan fingerprint density at radius 2 is 0.786 bits per heavy atom. The fourth-order valence-electron chi connectivity index (χ4n) is 1.95. The Kier molecular flexibility index (Phi) is 5.03. The molecular weight excluding hydrogens is 404 g/mol. The van der Waals surface area contributed by atoms with E-state index in [-0.39, 0.29) is 0 Å². The first-order valence-corrected chi connectivity index (χ1v) is 7.05. The SMILES string of the molecule is Fc1nc(F)c(F)c(Oc2ccccc2Oc2c(F)c(F)nc(F)c2F)c1F. The minimum Gasteiger partial charge on any atom is -0.447 e. The number of pyridine rings is 2. The van der Waals surface area contributed by atoms with Crippen molar-refractivity contribution in [3.63, 3.8) is 0 Å². The Balaban J connectivity index is 2.06. The third-order valence-corrected chi connectivity index (χ3v) is 3.19. The fraction of sp³-hybridized carbons (Fsp3) is 0. The first kappa shape index (κ1) is 19.3. The molecule has 0 aliphatic rings. The van der Waals surface area contributed by atoms with Crippen molar-refractivity contribution in [2.75, 3.05) is 0 Å². The van der Waals surface area contributed by atoms with Crippen LogP contribution in [0.5, 0.6) is 23.0 Å². The van der Waals surface area contributed by atoms with Crippen molar-refractivity contribution in [2.24, 2.45) is 0 Å². The van der Waals surface area contributed by atoms with Crippen LogP contribution >= 0.6 is 0 Å². The standard InChI is InChI=1S/C16H4F8N2O2/c17-7-11(8(18)14(22)25-13(7)21)27-5-3-1-2-4-6(5)28-12-9(19)15(23)26-16(24)10(12)20/h1-4H. The molecule has 0 aliphatic heterocycles. The molecule has 2 heterocycles. The molecule has 0 saturated heterocycles. The zero-order valence-corrected chi connectivity index (χ0v) is 13.0. The highest BCUT2D eigenvalue weighted by molar-refractivity contribution is 5.45. The van der Waals surface area contributed by atoms with E-state index in [9.17, 15) is 35.1 Å². The van der Waals surface area contributed by atoms with Crippen LogP contribution in [0.4, 0.5) is 35.1 Å². The molecule has 12 heteroatoms. The van der Waals surface area contributed by atoms with Gasteiger partial charge in [-0.25, -0.2) is 0 Å². The lowest BCUT2D eigenvalue weighted by Crippen LogP contribution is -2.05. The number of ether oxygens (including phenoxy) is 2. The number of nitrogens with zero attached hydrogens (tertiary/aromatic N) is 2. The molecule has 0 unspecified atom stereocenters. The Morgan fingerprint density at radius 1 is 0.500 bits per heavy atom. The van der Waals surface area contributed by atoms with E-state index < -0.39 is 70.1 Å². The summed E-state index contributed by atoms with van der Waals surface area (Å²) < 4.78 is 117. The van der Waals surface area contributed by atoms with Crippen LogP contribution in [0.15, 0.2) is 24.3 Å². The highest BCUT2D eigenvalue weighted by Crippen LogP contribution is 2.38. The molecule has 0 fully saturated rings. The van der Waals surface area contributed by atoms with Crippen molar-refractivity contribution in [3.8, 4) is 23.0 Å². The van der Waals surface area contributed by atoms with Crippen LogP contribution < -0.4 is 9.47 Å². The molecule has 0 N–H and O–H groups in total. The predicted octanol–water partition coefficient (Wildman–Crippen LogP) is 5.17. The molecule has 0 radical (unpaired) electrons. The molecule has 0 atom stereocenters. The van der Waals surface area contributed by atoms with Gasteiger partial charge in [0.05, 0.1) is 0 Å². The lowest BCUT2D eigenvalue weighted by Gasteiger charge is -2.14. The van der Waals surface area contributed by atoms with Crippen LogP contribution in [0.2, 0.25) is 0 Å². The van der Waals surface area contributed by atoms with Crippen LogP contribution in [0.3, 0.4) is 0 Å². The zero-order chi connectivity index (χ0) is 20.6. The Hall–Kier alpha value is -3.44. The van der Waals surface area contributed by atoms with E-state index in [1.54, 1.807) is 0 Å². The van der Waals surface area contributed by atoms with E-state index in [0.29, 0.717) is 0 Å². The normalized spacial score (nSPS) is 10.9. The van der Waals surface area contributed by atoms with Crippen LogP contribution in [0.25, 0.3) is 0 Å². The number of halogens is 8. The van der Waals surface area contributed by atoms with Crippen LogP contribution in [-0.2, 0) is 0 Å². The Morgan fingerprint density at radius 3 is 1.07 bits per heavy atom. The van der Waals surface area contributed by atoms with E-state index in [1.807, 2.05) is 0 Å². The van der Waals surface area contributed by atoms with Crippen LogP contribution in [0, 0.1) is 47.1 Å². The molecule has 0 saturated carbocycles. The van der Waals surface area contributed by atoms with Gasteiger partial charge in [-0.1, -0.05) is 12.1 Å². The molecule has 4 nitrogen and oxygen atoms in total. The van der Waals surface area contributed by atoms with Gasteiger partial charge in [-0.05, 0) is 12.1 Å². The molecule has 1 aromatic carbocycles. The van der Waals surface area contributed by atoms with Crippen molar-refractivity contribution in [3.05, 3.63) is 71.3 Å². The highest BCUT2D eigenvalue weighted by atomic mass is 19.2. The summed E-state index contributed by atoms with van der Waals surface area (Å²) in [5.41, 5.74) is 0. The monoisotopic (exact) mass is 408 g/mol. The van der Waals surface area contributed by atoms with E-state index in [0.717, 1.165) is 12.1 Å². The summed E-state index contributed by atoms with van der Waals surface area (Å²) in [6.45, 7) is 0. The predicted molar refractivity (Wildman–Crippen MR) is 74.7 cm³/mol. The Labute approximate surface area is 150 Å². The van der Waals surface area contributed by atoms with E-state index >= 15 is 0 Å². The van der Waals surface area contributed by atoms with Crippen molar-refractivity contribution < 1.29 is 44.6 Å². The largest absolute Gasteiger partial charge is 0.447 e. The molecule has 0 aliphatic carbocycles. The molecule has 0 bridgehead atoms. The summed E-state index contributed by atoms with van der Waals surface area (Å²) in [4.78, 5) is 4.65. The smallest absolute Gasteiger partial charge is 0.255 e. The number of benzene rings is 1. The second-order valence-corrected chi connectivity index (χ2v) is 4.95. The van der Waals surface area contributed by atoms with Crippen molar-refractivity contribution in [1.82, 2.24) is 9.97 Å². The quantitative estimate of drug-likeness (QED) is 0.441. The maximum atomic E-state index is 13.7. The van der Waals surface area contributed by atoms with Gasteiger partial charge in [0.1, 0.15) is 0 Å². The van der Waals surface area contributed by atoms with Gasteiger partial charge < -0.3 is 9.47 Å². The molecule has 28 heavy (non-hydrogen) atoms. The maximum absolute atomic E-state index is 13.7. The molecular formula is C16H4F8N2O2. The minimum absolute atomic E-state index is 0.707. The molecule has 146 valence electrons. The van der Waals surface area contributed by atoms with Gasteiger partial charge in [0.15, 0.2) is 11.5 Å². The van der Waals surface area contributed by atoms with E-state index in [2.05, 4.69) is 9.97 Å². The van der Waals surface area contributed by atoms with Crippen LogP contribution in [0.1, 0.15) is 0 Å². The van der Waals surface area contributed by atoms with Gasteiger partial charge in [-0.15, -0.1) is 0 Å². The second kappa shape index (κ2) is 7.29. The average Bonchev–Trinajstić information content (AvgIpc) is 2.66. The highest BCUT2D eigenvalue weighted by Gasteiger charge is 2.26. The van der Waals surface area contributed by atoms with Crippen LogP contribution in [-0.4, -0.2) is 9.97 Å². The number of aromatic nitrogens is 2. The molecule has 0 spiro atoms. The third kappa shape index (κ3) is 3.40. The van der Waals surface area contributed by atoms with Crippen molar-refractivity contribution in [1.29, 1.82) is 0 Å². The summed E-state index contributed by atoms with van der Waals surface area (Å²) in [5.74, 6) is -20.7. The summed E-state index contributed by atoms with van der Waals surface area (Å²) >= 11 is 0.